The molecule has 4 nitrogen and oxygen atoms in total. The van der Waals surface area contributed by atoms with Crippen LogP contribution in [0.15, 0.2) is 18.2 Å². The Kier molecular flexibility index (Phi) is 4.83. The number of carbonyl (C=O) groups excluding carboxylic acids is 1. The van der Waals surface area contributed by atoms with Crippen LogP contribution < -0.4 is 10.6 Å². The zero-order valence-corrected chi connectivity index (χ0v) is 11.6. The quantitative estimate of drug-likeness (QED) is 0.887. The molecule has 1 aromatic carbocycles. The van der Waals surface area contributed by atoms with Gasteiger partial charge in [-0.1, -0.05) is 30.1 Å². The van der Waals surface area contributed by atoms with E-state index in [1.807, 2.05) is 13.0 Å². The number of nitriles is 1. The summed E-state index contributed by atoms with van der Waals surface area (Å²) < 4.78 is 0. The number of amides is 2. The van der Waals surface area contributed by atoms with Crippen LogP contribution in [0.2, 0.25) is 10.0 Å². The first-order chi connectivity index (χ1) is 8.38. The lowest BCUT2D eigenvalue weighted by atomic mass is 10.0. The van der Waals surface area contributed by atoms with Gasteiger partial charge in [-0.05, 0) is 31.5 Å². The molecule has 18 heavy (non-hydrogen) atoms. The molecule has 0 aliphatic rings. The lowest BCUT2D eigenvalue weighted by Crippen LogP contribution is -2.46. The van der Waals surface area contributed by atoms with Gasteiger partial charge in [-0.25, -0.2) is 4.79 Å². The van der Waals surface area contributed by atoms with Crippen LogP contribution in [0.1, 0.15) is 20.3 Å². The van der Waals surface area contributed by atoms with Gasteiger partial charge in [0.2, 0.25) is 0 Å². The summed E-state index contributed by atoms with van der Waals surface area (Å²) in [5.74, 6) is 0. The van der Waals surface area contributed by atoms with Crippen molar-refractivity contribution >= 4 is 34.9 Å². The highest BCUT2D eigenvalue weighted by molar-refractivity contribution is 6.35. The largest absolute Gasteiger partial charge is 0.320 e. The van der Waals surface area contributed by atoms with Crippen molar-refractivity contribution in [3.8, 4) is 6.07 Å². The van der Waals surface area contributed by atoms with Crippen molar-refractivity contribution in [2.24, 2.45) is 0 Å². The normalized spacial score (nSPS) is 13.3. The van der Waals surface area contributed by atoms with Gasteiger partial charge in [0.05, 0.1) is 6.07 Å². The third-order valence-electron chi connectivity index (χ3n) is 2.46. The number of anilines is 1. The fourth-order valence-electron chi connectivity index (χ4n) is 1.23. The summed E-state index contributed by atoms with van der Waals surface area (Å²) in [6.07, 6.45) is 0.507. The van der Waals surface area contributed by atoms with Crippen LogP contribution in [-0.4, -0.2) is 11.6 Å². The number of benzene rings is 1. The predicted molar refractivity (Wildman–Crippen MR) is 72.9 cm³/mol. The van der Waals surface area contributed by atoms with E-state index in [0.29, 0.717) is 22.2 Å². The molecule has 1 atom stereocenters. The van der Waals surface area contributed by atoms with Crippen LogP contribution in [0, 0.1) is 11.3 Å². The Hall–Kier alpha value is -1.44. The van der Waals surface area contributed by atoms with Crippen molar-refractivity contribution in [2.45, 2.75) is 25.8 Å². The molecule has 0 aliphatic carbocycles. The maximum Gasteiger partial charge on any atom is 0.320 e. The molecule has 0 bridgehead atoms. The number of rotatable bonds is 3. The summed E-state index contributed by atoms with van der Waals surface area (Å²) in [6, 6.07) is 6.28. The molecule has 1 rings (SSSR count). The Morgan fingerprint density at radius 1 is 1.39 bits per heavy atom. The van der Waals surface area contributed by atoms with Crippen molar-refractivity contribution in [2.75, 3.05) is 5.32 Å². The molecule has 0 heterocycles. The maximum atomic E-state index is 11.7. The average molecular weight is 286 g/mol. The second kappa shape index (κ2) is 5.94. The van der Waals surface area contributed by atoms with Crippen LogP contribution in [0.5, 0.6) is 0 Å². The van der Waals surface area contributed by atoms with E-state index >= 15 is 0 Å². The molecule has 1 unspecified atom stereocenters. The first-order valence-corrected chi connectivity index (χ1v) is 6.10. The smallest absolute Gasteiger partial charge is 0.320 e. The van der Waals surface area contributed by atoms with Crippen LogP contribution in [0.3, 0.4) is 0 Å². The number of hydrogen-bond acceptors (Lipinski definition) is 2. The molecule has 1 aromatic rings. The van der Waals surface area contributed by atoms with E-state index in [-0.39, 0.29) is 0 Å². The molecule has 0 radical (unpaired) electrons. The van der Waals surface area contributed by atoms with Gasteiger partial charge in [0.1, 0.15) is 5.54 Å². The van der Waals surface area contributed by atoms with E-state index in [9.17, 15) is 4.79 Å². The minimum Gasteiger partial charge on any atom is -0.320 e. The molecular weight excluding hydrogens is 273 g/mol. The van der Waals surface area contributed by atoms with Crippen LogP contribution in [0.4, 0.5) is 10.5 Å². The second-order valence-electron chi connectivity index (χ2n) is 4.03. The van der Waals surface area contributed by atoms with E-state index in [1.54, 1.807) is 25.1 Å². The lowest BCUT2D eigenvalue weighted by molar-refractivity contribution is 0.244. The zero-order chi connectivity index (χ0) is 13.8. The summed E-state index contributed by atoms with van der Waals surface area (Å²) in [5, 5.41) is 15.0. The number of carbonyl (C=O) groups is 1. The Bertz CT molecular complexity index is 478. The minimum absolute atomic E-state index is 0.427. The Labute approximate surface area is 116 Å². The highest BCUT2D eigenvalue weighted by Crippen LogP contribution is 2.22. The van der Waals surface area contributed by atoms with Gasteiger partial charge in [0.15, 0.2) is 0 Å². The fraction of sp³-hybridized carbons (Fsp3) is 0.333. The van der Waals surface area contributed by atoms with Crippen LogP contribution in [0.25, 0.3) is 0 Å². The predicted octanol–water partition coefficient (Wildman–Crippen LogP) is 3.81. The fourth-order valence-corrected chi connectivity index (χ4v) is 1.76. The van der Waals surface area contributed by atoms with E-state index < -0.39 is 11.6 Å². The Morgan fingerprint density at radius 3 is 2.39 bits per heavy atom. The summed E-state index contributed by atoms with van der Waals surface area (Å²) >= 11 is 11.6. The molecule has 0 saturated carbocycles. The van der Waals surface area contributed by atoms with Gasteiger partial charge in [-0.15, -0.1) is 0 Å². The second-order valence-corrected chi connectivity index (χ2v) is 4.91. The molecule has 2 N–H and O–H groups in total. The van der Waals surface area contributed by atoms with Crippen LogP contribution in [-0.2, 0) is 0 Å². The van der Waals surface area contributed by atoms with E-state index in [0.717, 1.165) is 0 Å². The van der Waals surface area contributed by atoms with Crippen LogP contribution >= 0.6 is 23.2 Å². The average Bonchev–Trinajstić information content (AvgIpc) is 2.27. The van der Waals surface area contributed by atoms with Crippen molar-refractivity contribution in [1.29, 1.82) is 5.26 Å². The molecule has 0 saturated heterocycles. The van der Waals surface area contributed by atoms with E-state index in [2.05, 4.69) is 10.6 Å². The Morgan fingerprint density at radius 2 is 1.94 bits per heavy atom. The molecule has 0 spiro atoms. The van der Waals surface area contributed by atoms with E-state index in [1.165, 1.54) is 0 Å². The number of hydrogen-bond donors (Lipinski definition) is 2. The summed E-state index contributed by atoms with van der Waals surface area (Å²) in [6.45, 7) is 3.47. The maximum absolute atomic E-state index is 11.7. The summed E-state index contributed by atoms with van der Waals surface area (Å²) in [5.41, 5.74) is -0.423. The standard InChI is InChI=1S/C12H13Cl2N3O/c1-3-12(2,7-15)17-11(18)16-10-5-8(13)4-9(14)6-10/h4-6H,3H2,1-2H3,(H2,16,17,18). The SMILES string of the molecule is CCC(C)(C#N)NC(=O)Nc1cc(Cl)cc(Cl)c1. The van der Waals surface area contributed by atoms with Gasteiger partial charge < -0.3 is 10.6 Å². The molecule has 2 amide bonds. The monoisotopic (exact) mass is 285 g/mol. The third kappa shape index (κ3) is 4.10. The number of nitrogens with zero attached hydrogens (tertiary/aromatic N) is 1. The number of urea groups is 1. The highest BCUT2D eigenvalue weighted by Gasteiger charge is 2.23. The summed E-state index contributed by atoms with van der Waals surface area (Å²) in [7, 11) is 0. The lowest BCUT2D eigenvalue weighted by Gasteiger charge is -2.21. The Balaban J connectivity index is 2.74. The molecule has 0 aromatic heterocycles. The van der Waals surface area contributed by atoms with Crippen molar-refractivity contribution < 1.29 is 4.79 Å². The summed E-state index contributed by atoms with van der Waals surface area (Å²) in [4.78, 5) is 11.7. The van der Waals surface area contributed by atoms with Crippen molar-refractivity contribution in [3.05, 3.63) is 28.2 Å². The van der Waals surface area contributed by atoms with E-state index in [4.69, 9.17) is 28.5 Å². The molecular formula is C12H13Cl2N3O. The van der Waals surface area contributed by atoms with Crippen molar-refractivity contribution in [1.82, 2.24) is 5.32 Å². The molecule has 0 aliphatic heterocycles. The minimum atomic E-state index is -0.896. The molecule has 96 valence electrons. The third-order valence-corrected chi connectivity index (χ3v) is 2.90. The van der Waals surface area contributed by atoms with Gasteiger partial charge in [-0.2, -0.15) is 5.26 Å². The highest BCUT2D eigenvalue weighted by atomic mass is 35.5. The first-order valence-electron chi connectivity index (χ1n) is 5.35. The van der Waals surface area contributed by atoms with Gasteiger partial charge in [0.25, 0.3) is 0 Å². The molecule has 6 heteroatoms. The zero-order valence-electron chi connectivity index (χ0n) is 10.1. The van der Waals surface area contributed by atoms with Gasteiger partial charge >= 0.3 is 6.03 Å². The number of halogens is 2. The van der Waals surface area contributed by atoms with Crippen molar-refractivity contribution in [3.63, 3.8) is 0 Å². The molecule has 0 fully saturated rings. The topological polar surface area (TPSA) is 64.9 Å². The van der Waals surface area contributed by atoms with Gasteiger partial charge in [0, 0.05) is 15.7 Å². The number of nitrogens with one attached hydrogen (secondary N) is 2. The van der Waals surface area contributed by atoms with Gasteiger partial charge in [-0.3, -0.25) is 0 Å². The first kappa shape index (κ1) is 14.6.